The van der Waals surface area contributed by atoms with E-state index >= 15 is 0 Å². The molecule has 0 saturated carbocycles. The van der Waals surface area contributed by atoms with Crippen LogP contribution in [0.3, 0.4) is 0 Å². The molecule has 1 unspecified atom stereocenters. The Balaban J connectivity index is 3.37. The maximum atomic E-state index is 5.53. The van der Waals surface area contributed by atoms with Crippen LogP contribution in [0.25, 0.3) is 0 Å². The van der Waals surface area contributed by atoms with E-state index in [9.17, 15) is 0 Å². The van der Waals surface area contributed by atoms with Crippen LogP contribution in [0.2, 0.25) is 0 Å². The fourth-order valence-electron chi connectivity index (χ4n) is 0.770. The molecule has 12 heavy (non-hydrogen) atoms. The minimum Gasteiger partial charge on any atom is -0.310 e. The molecule has 0 heterocycles. The molecule has 0 fully saturated rings. The molecule has 1 atom stereocenters. The molecular formula is C9H18ClNS. The highest BCUT2D eigenvalue weighted by molar-refractivity contribution is 7.98. The molecule has 3 heteroatoms. The fraction of sp³-hybridized carbons (Fsp3) is 0.778. The number of halogens is 1. The van der Waals surface area contributed by atoms with E-state index in [1.54, 1.807) is 5.54 Å². The Morgan fingerprint density at radius 1 is 1.67 bits per heavy atom. The van der Waals surface area contributed by atoms with Gasteiger partial charge in [0.2, 0.25) is 0 Å². The van der Waals surface area contributed by atoms with Gasteiger partial charge in [-0.1, -0.05) is 11.6 Å². The zero-order chi connectivity index (χ0) is 9.40. The highest BCUT2D eigenvalue weighted by Gasteiger charge is 1.99. The third-order valence-electron chi connectivity index (χ3n) is 1.67. The molecular weight excluding hydrogens is 190 g/mol. The van der Waals surface area contributed by atoms with Gasteiger partial charge in [-0.15, -0.1) is 0 Å². The van der Waals surface area contributed by atoms with Crippen LogP contribution in [0.15, 0.2) is 11.1 Å². The maximum Gasteiger partial charge on any atom is 0.0176 e. The van der Waals surface area contributed by atoms with E-state index in [-0.39, 0.29) is 0 Å². The Bertz CT molecular complexity index is 136. The summed E-state index contributed by atoms with van der Waals surface area (Å²) in [6, 6.07) is 0.587. The van der Waals surface area contributed by atoms with Crippen LogP contribution in [0.5, 0.6) is 0 Å². The van der Waals surface area contributed by atoms with E-state index in [4.69, 9.17) is 11.6 Å². The van der Waals surface area contributed by atoms with Gasteiger partial charge in [-0.05, 0) is 37.9 Å². The molecule has 0 aliphatic carbocycles. The number of hydrogen-bond donors (Lipinski definition) is 1. The van der Waals surface area contributed by atoms with Gasteiger partial charge in [0.1, 0.15) is 0 Å². The monoisotopic (exact) mass is 207 g/mol. The summed E-state index contributed by atoms with van der Waals surface area (Å²) in [4.78, 5) is 0. The largest absolute Gasteiger partial charge is 0.310 e. The summed E-state index contributed by atoms with van der Waals surface area (Å²) in [7, 11) is 0. The first-order chi connectivity index (χ1) is 5.70. The van der Waals surface area contributed by atoms with Gasteiger partial charge in [0.25, 0.3) is 0 Å². The van der Waals surface area contributed by atoms with Crippen molar-refractivity contribution in [2.45, 2.75) is 26.3 Å². The fourth-order valence-corrected chi connectivity index (χ4v) is 1.44. The molecule has 1 nitrogen and oxygen atoms in total. The highest BCUT2D eigenvalue weighted by Crippen LogP contribution is 2.00. The van der Waals surface area contributed by atoms with Gasteiger partial charge in [-0.2, -0.15) is 11.8 Å². The molecule has 0 saturated heterocycles. The van der Waals surface area contributed by atoms with Crippen molar-refractivity contribution in [3.8, 4) is 0 Å². The first kappa shape index (κ1) is 12.3. The molecule has 0 aromatic carbocycles. The third-order valence-corrected chi connectivity index (χ3v) is 2.69. The first-order valence-electron chi connectivity index (χ1n) is 4.19. The number of rotatable bonds is 6. The lowest BCUT2D eigenvalue weighted by molar-refractivity contribution is 0.564. The van der Waals surface area contributed by atoms with Crippen LogP contribution >= 0.6 is 23.4 Å². The van der Waals surface area contributed by atoms with E-state index in [0.717, 1.165) is 6.54 Å². The third kappa shape index (κ3) is 7.01. The summed E-state index contributed by atoms with van der Waals surface area (Å²) in [5, 5.41) is 3.40. The predicted molar refractivity (Wildman–Crippen MR) is 60.1 cm³/mol. The molecule has 0 aromatic rings. The quantitative estimate of drug-likeness (QED) is 0.719. The zero-order valence-electron chi connectivity index (χ0n) is 8.06. The summed E-state index contributed by atoms with van der Waals surface area (Å²) in [6.45, 7) is 5.14. The molecule has 0 amide bonds. The van der Waals surface area contributed by atoms with E-state index in [0.29, 0.717) is 6.04 Å². The maximum absolute atomic E-state index is 5.53. The first-order valence-corrected chi connectivity index (χ1v) is 6.02. The van der Waals surface area contributed by atoms with Gasteiger partial charge in [0.05, 0.1) is 0 Å². The van der Waals surface area contributed by atoms with Crippen molar-refractivity contribution in [3.05, 3.63) is 11.1 Å². The Morgan fingerprint density at radius 3 is 2.83 bits per heavy atom. The smallest absolute Gasteiger partial charge is 0.0176 e. The Labute approximate surface area is 84.9 Å². The lowest BCUT2D eigenvalue weighted by atomic mass is 10.2. The van der Waals surface area contributed by atoms with Gasteiger partial charge in [-0.3, -0.25) is 0 Å². The van der Waals surface area contributed by atoms with Crippen molar-refractivity contribution in [2.75, 3.05) is 18.6 Å². The Morgan fingerprint density at radius 2 is 2.33 bits per heavy atom. The van der Waals surface area contributed by atoms with Crippen LogP contribution in [-0.4, -0.2) is 24.6 Å². The second-order valence-electron chi connectivity index (χ2n) is 3.02. The SMILES string of the molecule is CSCCC(C)NCC(C)=CCl. The minimum absolute atomic E-state index is 0.587. The molecule has 0 aliphatic heterocycles. The molecule has 72 valence electrons. The van der Waals surface area contributed by atoms with Crippen molar-refractivity contribution in [3.63, 3.8) is 0 Å². The van der Waals surface area contributed by atoms with Crippen LogP contribution in [-0.2, 0) is 0 Å². The van der Waals surface area contributed by atoms with Gasteiger partial charge in [-0.25, -0.2) is 0 Å². The van der Waals surface area contributed by atoms with Gasteiger partial charge < -0.3 is 5.32 Å². The van der Waals surface area contributed by atoms with Crippen LogP contribution < -0.4 is 5.32 Å². The second-order valence-corrected chi connectivity index (χ2v) is 4.22. The number of nitrogens with one attached hydrogen (secondary N) is 1. The van der Waals surface area contributed by atoms with Crippen LogP contribution in [0, 0.1) is 0 Å². The van der Waals surface area contributed by atoms with E-state index in [1.165, 1.54) is 17.7 Å². The molecule has 0 rings (SSSR count). The van der Waals surface area contributed by atoms with Crippen molar-refractivity contribution >= 4 is 23.4 Å². The standard InChI is InChI=1S/C9H18ClNS/c1-8(6-10)7-11-9(2)4-5-12-3/h6,9,11H,4-5,7H2,1-3H3. The second kappa shape index (κ2) is 7.96. The average Bonchev–Trinajstić information content (AvgIpc) is 2.10. The van der Waals surface area contributed by atoms with Crippen molar-refractivity contribution in [2.24, 2.45) is 0 Å². The summed E-state index contributed by atoms with van der Waals surface area (Å²) < 4.78 is 0. The van der Waals surface area contributed by atoms with E-state index in [2.05, 4.69) is 18.5 Å². The summed E-state index contributed by atoms with van der Waals surface area (Å²) in [6.07, 6.45) is 3.35. The molecule has 1 N–H and O–H groups in total. The van der Waals surface area contributed by atoms with E-state index in [1.807, 2.05) is 18.7 Å². The van der Waals surface area contributed by atoms with Crippen LogP contribution in [0.4, 0.5) is 0 Å². The minimum atomic E-state index is 0.587. The Kier molecular flexibility index (Phi) is 8.19. The molecule has 0 bridgehead atoms. The van der Waals surface area contributed by atoms with E-state index < -0.39 is 0 Å². The molecule has 0 aliphatic rings. The molecule has 0 aromatic heterocycles. The average molecular weight is 208 g/mol. The van der Waals surface area contributed by atoms with Gasteiger partial charge in [0, 0.05) is 18.1 Å². The van der Waals surface area contributed by atoms with Crippen molar-refractivity contribution in [1.82, 2.24) is 5.32 Å². The van der Waals surface area contributed by atoms with Crippen molar-refractivity contribution < 1.29 is 0 Å². The molecule has 0 spiro atoms. The number of thioether (sulfide) groups is 1. The lowest BCUT2D eigenvalue weighted by Gasteiger charge is -2.12. The van der Waals surface area contributed by atoms with Gasteiger partial charge >= 0.3 is 0 Å². The number of hydrogen-bond acceptors (Lipinski definition) is 2. The predicted octanol–water partition coefficient (Wildman–Crippen LogP) is 2.86. The molecule has 0 radical (unpaired) electrons. The topological polar surface area (TPSA) is 12.0 Å². The Hall–Kier alpha value is 0.340. The van der Waals surface area contributed by atoms with Crippen LogP contribution in [0.1, 0.15) is 20.3 Å². The highest BCUT2D eigenvalue weighted by atomic mass is 35.5. The zero-order valence-corrected chi connectivity index (χ0v) is 9.63. The summed E-state index contributed by atoms with van der Waals surface area (Å²) in [5.74, 6) is 1.22. The summed E-state index contributed by atoms with van der Waals surface area (Å²) in [5.41, 5.74) is 2.82. The summed E-state index contributed by atoms with van der Waals surface area (Å²) >= 11 is 7.42. The van der Waals surface area contributed by atoms with Crippen molar-refractivity contribution in [1.29, 1.82) is 0 Å². The van der Waals surface area contributed by atoms with Gasteiger partial charge in [0.15, 0.2) is 0 Å². The normalized spacial score (nSPS) is 14.8. The lowest BCUT2D eigenvalue weighted by Crippen LogP contribution is -2.27.